The lowest BCUT2D eigenvalue weighted by Gasteiger charge is -2.48. The molecule has 2 fully saturated rings. The summed E-state index contributed by atoms with van der Waals surface area (Å²) in [6.45, 7) is 3.50. The van der Waals surface area contributed by atoms with Crippen molar-refractivity contribution in [3.8, 4) is 0 Å². The van der Waals surface area contributed by atoms with Crippen LogP contribution in [0.1, 0.15) is 47.3 Å². The number of benzene rings is 1. The molecule has 2 heterocycles. The van der Waals surface area contributed by atoms with Gasteiger partial charge < -0.3 is 15.7 Å². The minimum atomic E-state index is -0.856. The summed E-state index contributed by atoms with van der Waals surface area (Å²) >= 11 is 3.38. The van der Waals surface area contributed by atoms with E-state index in [1.54, 1.807) is 18.3 Å². The molecule has 8 heteroatoms. The smallest absolute Gasteiger partial charge is 0.251 e. The highest BCUT2D eigenvalue weighted by atomic mass is 79.9. The number of carbonyl (C=O) groups excluding carboxylic acids is 2. The summed E-state index contributed by atoms with van der Waals surface area (Å²) in [5.74, 6) is -0.413. The summed E-state index contributed by atoms with van der Waals surface area (Å²) in [4.78, 5) is 31.1. The van der Waals surface area contributed by atoms with E-state index in [-0.39, 0.29) is 24.4 Å². The minimum absolute atomic E-state index is 0.0279. The van der Waals surface area contributed by atoms with Gasteiger partial charge in [0.15, 0.2) is 0 Å². The van der Waals surface area contributed by atoms with Crippen LogP contribution in [0.5, 0.6) is 0 Å². The Morgan fingerprint density at radius 1 is 1.22 bits per heavy atom. The van der Waals surface area contributed by atoms with Crippen molar-refractivity contribution in [2.24, 2.45) is 0 Å². The van der Waals surface area contributed by atoms with Gasteiger partial charge in [-0.15, -0.1) is 0 Å². The van der Waals surface area contributed by atoms with Crippen LogP contribution in [-0.4, -0.2) is 58.5 Å². The Labute approximate surface area is 196 Å². The lowest BCUT2D eigenvalue weighted by atomic mass is 9.78. The first-order chi connectivity index (χ1) is 15.3. The third kappa shape index (κ3) is 5.36. The number of amides is 2. The molecule has 32 heavy (non-hydrogen) atoms. The van der Waals surface area contributed by atoms with Gasteiger partial charge in [0.05, 0.1) is 18.3 Å². The number of aromatic nitrogens is 1. The maximum Gasteiger partial charge on any atom is 0.251 e. The Hall–Kier alpha value is -2.29. The predicted octanol–water partition coefficient (Wildman–Crippen LogP) is 2.51. The average Bonchev–Trinajstić information content (AvgIpc) is 2.75. The zero-order valence-corrected chi connectivity index (χ0v) is 19.8. The molecule has 1 aliphatic carbocycles. The first-order valence-corrected chi connectivity index (χ1v) is 11.8. The van der Waals surface area contributed by atoms with Crippen LogP contribution in [0.2, 0.25) is 0 Å². The van der Waals surface area contributed by atoms with E-state index in [4.69, 9.17) is 0 Å². The van der Waals surface area contributed by atoms with Gasteiger partial charge in [-0.2, -0.15) is 0 Å². The van der Waals surface area contributed by atoms with Crippen LogP contribution in [0, 0.1) is 6.92 Å². The van der Waals surface area contributed by atoms with Crippen LogP contribution >= 0.6 is 15.9 Å². The van der Waals surface area contributed by atoms with E-state index >= 15 is 0 Å². The molecule has 1 aromatic carbocycles. The SMILES string of the molecule is Cc1cccc(C(=O)NCC(=O)NC2CN(C3CCC(O)(c4ccc(Br)cn4)CC3)C2)c1. The van der Waals surface area contributed by atoms with Crippen molar-refractivity contribution in [2.75, 3.05) is 19.6 Å². The van der Waals surface area contributed by atoms with Gasteiger partial charge >= 0.3 is 0 Å². The predicted molar refractivity (Wildman–Crippen MR) is 125 cm³/mol. The largest absolute Gasteiger partial charge is 0.384 e. The molecule has 170 valence electrons. The fourth-order valence-electron chi connectivity index (χ4n) is 4.58. The Morgan fingerprint density at radius 2 is 1.97 bits per heavy atom. The van der Waals surface area contributed by atoms with Crippen LogP contribution in [0.25, 0.3) is 0 Å². The van der Waals surface area contributed by atoms with Crippen LogP contribution in [0.4, 0.5) is 0 Å². The fourth-order valence-corrected chi connectivity index (χ4v) is 4.82. The van der Waals surface area contributed by atoms with Crippen LogP contribution < -0.4 is 10.6 Å². The molecule has 1 aliphatic heterocycles. The highest BCUT2D eigenvalue weighted by molar-refractivity contribution is 9.10. The van der Waals surface area contributed by atoms with Crippen molar-refractivity contribution in [2.45, 2.75) is 50.3 Å². The molecule has 0 unspecified atom stereocenters. The van der Waals surface area contributed by atoms with Crippen molar-refractivity contribution < 1.29 is 14.7 Å². The van der Waals surface area contributed by atoms with E-state index in [9.17, 15) is 14.7 Å². The van der Waals surface area contributed by atoms with Gasteiger partial charge in [0.1, 0.15) is 5.60 Å². The summed E-state index contributed by atoms with van der Waals surface area (Å²) in [6, 6.07) is 11.6. The molecule has 3 N–H and O–H groups in total. The topological polar surface area (TPSA) is 94.6 Å². The Balaban J connectivity index is 1.17. The van der Waals surface area contributed by atoms with Gasteiger partial charge in [-0.25, -0.2) is 0 Å². The van der Waals surface area contributed by atoms with E-state index in [0.717, 1.165) is 41.7 Å². The molecule has 1 saturated heterocycles. The maximum absolute atomic E-state index is 12.2. The molecule has 0 spiro atoms. The molecule has 0 atom stereocenters. The third-order valence-corrected chi connectivity index (χ3v) is 6.94. The standard InChI is InChI=1S/C24H29BrN4O3/c1-16-3-2-4-17(11-16)23(31)27-13-22(30)28-19-14-29(15-19)20-7-9-24(32,10-8-20)21-6-5-18(25)12-26-21/h2-6,11-12,19-20,32H,7-10,13-15H2,1H3,(H,27,31)(H,28,30). The second-order valence-corrected chi connectivity index (χ2v) is 9.81. The third-order valence-electron chi connectivity index (χ3n) is 6.47. The average molecular weight is 501 g/mol. The molecule has 2 aliphatic rings. The Bertz CT molecular complexity index is 967. The molecule has 1 aromatic heterocycles. The van der Waals surface area contributed by atoms with Crippen LogP contribution in [0.3, 0.4) is 0 Å². The number of nitrogens with one attached hydrogen (secondary N) is 2. The summed E-state index contributed by atoms with van der Waals surface area (Å²) in [7, 11) is 0. The van der Waals surface area contributed by atoms with Gasteiger partial charge in [-0.1, -0.05) is 17.7 Å². The number of aryl methyl sites for hydroxylation is 1. The molecular formula is C24H29BrN4O3. The van der Waals surface area contributed by atoms with Gasteiger partial charge in [-0.3, -0.25) is 19.5 Å². The maximum atomic E-state index is 12.2. The zero-order valence-electron chi connectivity index (χ0n) is 18.2. The summed E-state index contributed by atoms with van der Waals surface area (Å²) in [6.07, 6.45) is 4.91. The zero-order chi connectivity index (χ0) is 22.7. The van der Waals surface area contributed by atoms with Crippen molar-refractivity contribution in [1.82, 2.24) is 20.5 Å². The first-order valence-electron chi connectivity index (χ1n) is 11.0. The Kier molecular flexibility index (Phi) is 6.93. The highest BCUT2D eigenvalue weighted by Crippen LogP contribution is 2.38. The molecule has 7 nitrogen and oxygen atoms in total. The number of hydrogen-bond donors (Lipinski definition) is 3. The van der Waals surface area contributed by atoms with Gasteiger partial charge in [-0.05, 0) is 72.8 Å². The van der Waals surface area contributed by atoms with Crippen molar-refractivity contribution in [3.63, 3.8) is 0 Å². The lowest BCUT2D eigenvalue weighted by molar-refractivity contribution is -0.122. The van der Waals surface area contributed by atoms with E-state index in [2.05, 4.69) is 36.4 Å². The van der Waals surface area contributed by atoms with E-state index in [1.165, 1.54) is 0 Å². The summed E-state index contributed by atoms with van der Waals surface area (Å²) in [5.41, 5.74) is 1.44. The number of aliphatic hydroxyl groups is 1. The molecule has 2 amide bonds. The van der Waals surface area contributed by atoms with Crippen molar-refractivity contribution in [1.29, 1.82) is 0 Å². The second kappa shape index (κ2) is 9.68. The number of carbonyl (C=O) groups is 2. The number of halogens is 1. The van der Waals surface area contributed by atoms with E-state index in [0.29, 0.717) is 24.4 Å². The fraction of sp³-hybridized carbons (Fsp3) is 0.458. The molecule has 1 saturated carbocycles. The van der Waals surface area contributed by atoms with Gasteiger partial charge in [0, 0.05) is 35.4 Å². The molecule has 0 radical (unpaired) electrons. The monoisotopic (exact) mass is 500 g/mol. The Morgan fingerprint density at radius 3 is 2.62 bits per heavy atom. The summed E-state index contributed by atoms with van der Waals surface area (Å²) < 4.78 is 0.905. The van der Waals surface area contributed by atoms with Gasteiger partial charge in [0.25, 0.3) is 5.91 Å². The first kappa shape index (κ1) is 22.9. The number of hydrogen-bond acceptors (Lipinski definition) is 5. The quantitative estimate of drug-likeness (QED) is 0.566. The lowest BCUT2D eigenvalue weighted by Crippen LogP contribution is -2.63. The highest BCUT2D eigenvalue weighted by Gasteiger charge is 2.41. The van der Waals surface area contributed by atoms with Gasteiger partial charge in [0.2, 0.25) is 5.91 Å². The van der Waals surface area contributed by atoms with Crippen molar-refractivity contribution >= 4 is 27.7 Å². The normalized spacial score (nSPS) is 23.9. The summed E-state index contributed by atoms with van der Waals surface area (Å²) in [5, 5.41) is 16.7. The molecular weight excluding hydrogens is 472 g/mol. The number of pyridine rings is 1. The number of nitrogens with zero attached hydrogens (tertiary/aromatic N) is 2. The van der Waals surface area contributed by atoms with Crippen molar-refractivity contribution in [3.05, 3.63) is 63.9 Å². The van der Waals surface area contributed by atoms with E-state index in [1.807, 2.05) is 31.2 Å². The molecule has 2 aromatic rings. The number of rotatable bonds is 6. The molecule has 0 bridgehead atoms. The van der Waals surface area contributed by atoms with Crippen LogP contribution in [-0.2, 0) is 10.4 Å². The van der Waals surface area contributed by atoms with E-state index < -0.39 is 5.60 Å². The minimum Gasteiger partial charge on any atom is -0.384 e. The molecule has 4 rings (SSSR count). The van der Waals surface area contributed by atoms with Crippen LogP contribution in [0.15, 0.2) is 47.1 Å². The second-order valence-electron chi connectivity index (χ2n) is 8.89. The number of likely N-dealkylation sites (tertiary alicyclic amines) is 1.